The van der Waals surface area contributed by atoms with Gasteiger partial charge in [0.1, 0.15) is 0 Å². The number of aliphatic hydroxyl groups excluding tert-OH is 4. The van der Waals surface area contributed by atoms with E-state index in [-0.39, 0.29) is 37.6 Å². The molecule has 6 N–H and O–H groups in total. The van der Waals surface area contributed by atoms with Crippen molar-refractivity contribution in [3.05, 3.63) is 35.4 Å². The molecule has 10 heteroatoms. The fraction of sp³-hybridized carbons (Fsp3) is 0.500. The Morgan fingerprint density at radius 2 is 1.08 bits per heavy atom. The van der Waals surface area contributed by atoms with Gasteiger partial charge < -0.3 is 40.1 Å². The van der Waals surface area contributed by atoms with E-state index < -0.39 is 11.9 Å². The largest absolute Gasteiger partial charge is 0.478 e. The van der Waals surface area contributed by atoms with Gasteiger partial charge in [0.15, 0.2) is 0 Å². The van der Waals surface area contributed by atoms with Crippen LogP contribution in [0.1, 0.15) is 20.7 Å². The maximum atomic E-state index is 10.4. The lowest BCUT2D eigenvalue weighted by Crippen LogP contribution is -2.09. The minimum Gasteiger partial charge on any atom is -0.478 e. The topological polar surface area (TPSA) is 174 Å². The number of rotatable bonds is 10. The van der Waals surface area contributed by atoms with E-state index in [0.717, 1.165) is 6.07 Å². The maximum Gasteiger partial charge on any atom is 0.335 e. The van der Waals surface area contributed by atoms with Crippen LogP contribution in [0.25, 0.3) is 0 Å². The molecule has 10 nitrogen and oxygen atoms in total. The Bertz CT molecular complexity index is 439. The SMILES string of the molecule is O=C(O)c1cccc(C(=O)O)c1.OCCO.OCCOCCOCCO. The highest BCUT2D eigenvalue weighted by Crippen LogP contribution is 2.04. The van der Waals surface area contributed by atoms with Crippen molar-refractivity contribution < 1.29 is 49.7 Å². The van der Waals surface area contributed by atoms with E-state index in [1.165, 1.54) is 18.2 Å². The number of carboxylic acids is 2. The molecule has 0 fully saturated rings. The van der Waals surface area contributed by atoms with E-state index in [1.54, 1.807) is 0 Å². The van der Waals surface area contributed by atoms with Gasteiger partial charge in [-0.2, -0.15) is 0 Å². The zero-order chi connectivity index (χ0) is 20.2. The minimum atomic E-state index is -1.13. The molecule has 0 heterocycles. The molecule has 0 amide bonds. The third kappa shape index (κ3) is 16.8. The molecule has 1 rings (SSSR count). The first-order valence-electron chi connectivity index (χ1n) is 7.60. The summed E-state index contributed by atoms with van der Waals surface area (Å²) >= 11 is 0. The summed E-state index contributed by atoms with van der Waals surface area (Å²) in [6, 6.07) is 5.20. The number of ether oxygens (including phenoxy) is 2. The molecule has 1 aromatic rings. The van der Waals surface area contributed by atoms with Crippen molar-refractivity contribution in [2.24, 2.45) is 0 Å². The molecule has 0 aliphatic heterocycles. The Morgan fingerprint density at radius 1 is 0.692 bits per heavy atom. The van der Waals surface area contributed by atoms with Crippen LogP contribution in [0.15, 0.2) is 24.3 Å². The van der Waals surface area contributed by atoms with Gasteiger partial charge in [0.25, 0.3) is 0 Å². The first kappa shape index (κ1) is 26.2. The van der Waals surface area contributed by atoms with Crippen molar-refractivity contribution in [2.45, 2.75) is 0 Å². The van der Waals surface area contributed by atoms with Crippen LogP contribution in [-0.4, -0.2) is 95.4 Å². The van der Waals surface area contributed by atoms with Crippen LogP contribution >= 0.6 is 0 Å². The number of hydrogen-bond donors (Lipinski definition) is 6. The normalized spacial score (nSPS) is 9.38. The van der Waals surface area contributed by atoms with Crippen molar-refractivity contribution >= 4 is 11.9 Å². The fourth-order valence-corrected chi connectivity index (χ4v) is 1.24. The van der Waals surface area contributed by atoms with Crippen molar-refractivity contribution in [1.82, 2.24) is 0 Å². The fourth-order valence-electron chi connectivity index (χ4n) is 1.24. The summed E-state index contributed by atoms with van der Waals surface area (Å²) < 4.78 is 9.75. The predicted molar refractivity (Wildman–Crippen MR) is 90.3 cm³/mol. The summed E-state index contributed by atoms with van der Waals surface area (Å²) in [6.07, 6.45) is 0. The van der Waals surface area contributed by atoms with Crippen LogP contribution in [0.4, 0.5) is 0 Å². The zero-order valence-corrected chi connectivity index (χ0v) is 14.3. The van der Waals surface area contributed by atoms with E-state index in [2.05, 4.69) is 0 Å². The molecular formula is C16H26O10. The van der Waals surface area contributed by atoms with Crippen LogP contribution in [0, 0.1) is 0 Å². The van der Waals surface area contributed by atoms with Crippen LogP contribution in [0.2, 0.25) is 0 Å². The summed E-state index contributed by atoms with van der Waals surface area (Å²) in [5.41, 5.74) is -0.0372. The van der Waals surface area contributed by atoms with Gasteiger partial charge in [0.05, 0.1) is 64.0 Å². The van der Waals surface area contributed by atoms with Gasteiger partial charge in [-0.15, -0.1) is 0 Å². The number of hydrogen-bond acceptors (Lipinski definition) is 8. The molecule has 1 aromatic carbocycles. The number of aromatic carboxylic acids is 2. The Labute approximate surface area is 150 Å². The van der Waals surface area contributed by atoms with Crippen molar-refractivity contribution in [3.63, 3.8) is 0 Å². The molecule has 0 radical (unpaired) electrons. The van der Waals surface area contributed by atoms with Crippen LogP contribution in [0.3, 0.4) is 0 Å². The number of carboxylic acid groups (broad SMARTS) is 2. The second-order valence-corrected chi connectivity index (χ2v) is 4.31. The van der Waals surface area contributed by atoms with Gasteiger partial charge in [-0.3, -0.25) is 0 Å². The van der Waals surface area contributed by atoms with E-state index in [0.29, 0.717) is 26.4 Å². The molecule has 26 heavy (non-hydrogen) atoms. The van der Waals surface area contributed by atoms with Gasteiger partial charge in [-0.05, 0) is 18.2 Å². The highest BCUT2D eigenvalue weighted by Gasteiger charge is 2.06. The minimum absolute atomic E-state index is 0.0186. The standard InChI is InChI=1S/C8H6O4.C6H14O4.C2H6O2/c9-7(10)5-2-1-3-6(4-5)8(11)12;7-1-3-9-5-6-10-4-2-8;3-1-2-4/h1-4H,(H,9,10)(H,11,12);7-8H,1-6H2;3-4H,1-2H2. The van der Waals surface area contributed by atoms with E-state index in [9.17, 15) is 9.59 Å². The summed E-state index contributed by atoms with van der Waals surface area (Å²) in [6.45, 7) is 1.48. The van der Waals surface area contributed by atoms with Crippen LogP contribution in [0.5, 0.6) is 0 Å². The molecule has 150 valence electrons. The van der Waals surface area contributed by atoms with Crippen LogP contribution < -0.4 is 0 Å². The average Bonchev–Trinajstić information content (AvgIpc) is 2.65. The summed E-state index contributed by atoms with van der Waals surface area (Å²) in [4.78, 5) is 20.8. The Balaban J connectivity index is 0. The van der Waals surface area contributed by atoms with Gasteiger partial charge in [-0.1, -0.05) is 6.07 Å². The highest BCUT2D eigenvalue weighted by molar-refractivity contribution is 5.93. The molecule has 0 aliphatic rings. The van der Waals surface area contributed by atoms with Gasteiger partial charge in [0.2, 0.25) is 0 Å². The lowest BCUT2D eigenvalue weighted by Gasteiger charge is -2.01. The lowest BCUT2D eigenvalue weighted by molar-refractivity contribution is 0.0222. The first-order valence-corrected chi connectivity index (χ1v) is 7.60. The molecule has 0 spiro atoms. The highest BCUT2D eigenvalue weighted by atomic mass is 16.5. The van der Waals surface area contributed by atoms with Gasteiger partial charge >= 0.3 is 11.9 Å². The Kier molecular flexibility index (Phi) is 19.4. The second kappa shape index (κ2) is 19.2. The molecule has 0 aromatic heterocycles. The van der Waals surface area contributed by atoms with Crippen molar-refractivity contribution in [1.29, 1.82) is 0 Å². The summed E-state index contributed by atoms with van der Waals surface area (Å²) in [5.74, 6) is -2.25. The molecule has 0 bridgehead atoms. The lowest BCUT2D eigenvalue weighted by atomic mass is 10.1. The number of carbonyl (C=O) groups is 2. The first-order chi connectivity index (χ1) is 12.4. The summed E-state index contributed by atoms with van der Waals surface area (Å²) in [5, 5.41) is 48.8. The quantitative estimate of drug-likeness (QED) is 0.279. The van der Waals surface area contributed by atoms with Crippen molar-refractivity contribution in [3.8, 4) is 0 Å². The molecule has 0 saturated heterocycles. The third-order valence-corrected chi connectivity index (χ3v) is 2.30. The second-order valence-electron chi connectivity index (χ2n) is 4.31. The average molecular weight is 378 g/mol. The van der Waals surface area contributed by atoms with E-state index in [1.807, 2.05) is 0 Å². The van der Waals surface area contributed by atoms with Gasteiger partial charge in [-0.25, -0.2) is 9.59 Å². The molecular weight excluding hydrogens is 352 g/mol. The number of aliphatic hydroxyl groups is 4. The third-order valence-electron chi connectivity index (χ3n) is 2.30. The summed E-state index contributed by atoms with van der Waals surface area (Å²) in [7, 11) is 0. The predicted octanol–water partition coefficient (Wildman–Crippen LogP) is -0.942. The van der Waals surface area contributed by atoms with Crippen LogP contribution in [-0.2, 0) is 9.47 Å². The maximum absolute atomic E-state index is 10.4. The monoisotopic (exact) mass is 378 g/mol. The Hall–Kier alpha value is -2.08. The number of benzene rings is 1. The Morgan fingerprint density at radius 3 is 1.35 bits per heavy atom. The van der Waals surface area contributed by atoms with E-state index >= 15 is 0 Å². The van der Waals surface area contributed by atoms with Crippen molar-refractivity contribution in [2.75, 3.05) is 52.9 Å². The smallest absolute Gasteiger partial charge is 0.335 e. The zero-order valence-electron chi connectivity index (χ0n) is 14.3. The molecule has 0 atom stereocenters. The molecule has 0 saturated carbocycles. The van der Waals surface area contributed by atoms with E-state index in [4.69, 9.17) is 40.1 Å². The molecule has 0 aliphatic carbocycles. The van der Waals surface area contributed by atoms with Gasteiger partial charge in [0, 0.05) is 0 Å². The molecule has 0 unspecified atom stereocenters.